The van der Waals surface area contributed by atoms with Crippen LogP contribution in [0.5, 0.6) is 0 Å². The Morgan fingerprint density at radius 3 is 3.05 bits per heavy atom. The van der Waals surface area contributed by atoms with Crippen LogP contribution in [0.3, 0.4) is 0 Å². The SMILES string of the molecule is CCCNC1COCC1CNCc1ncc(CC)s1. The Hall–Kier alpha value is -0.490. The van der Waals surface area contributed by atoms with E-state index in [1.54, 1.807) is 0 Å². The van der Waals surface area contributed by atoms with E-state index < -0.39 is 0 Å². The summed E-state index contributed by atoms with van der Waals surface area (Å²) in [6.07, 6.45) is 4.25. The minimum atomic E-state index is 0.509. The second-order valence-corrected chi connectivity index (χ2v) is 6.26. The molecule has 1 aromatic rings. The average Bonchev–Trinajstić information content (AvgIpc) is 3.05. The zero-order valence-electron chi connectivity index (χ0n) is 11.9. The lowest BCUT2D eigenvalue weighted by Gasteiger charge is -2.18. The minimum absolute atomic E-state index is 0.509. The summed E-state index contributed by atoms with van der Waals surface area (Å²) < 4.78 is 5.58. The average molecular weight is 283 g/mol. The summed E-state index contributed by atoms with van der Waals surface area (Å²) in [5.41, 5.74) is 0. The van der Waals surface area contributed by atoms with Crippen molar-refractivity contribution in [1.82, 2.24) is 15.6 Å². The summed E-state index contributed by atoms with van der Waals surface area (Å²) >= 11 is 1.81. The van der Waals surface area contributed by atoms with Gasteiger partial charge in [-0.25, -0.2) is 4.98 Å². The minimum Gasteiger partial charge on any atom is -0.379 e. The van der Waals surface area contributed by atoms with Gasteiger partial charge in [-0.3, -0.25) is 0 Å². The molecule has 0 bridgehead atoms. The molecule has 2 unspecified atom stereocenters. The monoisotopic (exact) mass is 283 g/mol. The van der Waals surface area contributed by atoms with E-state index in [2.05, 4.69) is 29.5 Å². The first-order chi connectivity index (χ1) is 9.33. The molecule has 0 aromatic carbocycles. The van der Waals surface area contributed by atoms with Gasteiger partial charge < -0.3 is 15.4 Å². The highest BCUT2D eigenvalue weighted by Crippen LogP contribution is 2.15. The van der Waals surface area contributed by atoms with Gasteiger partial charge in [0.05, 0.1) is 13.2 Å². The van der Waals surface area contributed by atoms with Crippen molar-refractivity contribution in [2.24, 2.45) is 5.92 Å². The van der Waals surface area contributed by atoms with Gasteiger partial charge in [0, 0.05) is 36.1 Å². The van der Waals surface area contributed by atoms with Gasteiger partial charge in [0.25, 0.3) is 0 Å². The molecule has 0 radical (unpaired) electrons. The highest BCUT2D eigenvalue weighted by Gasteiger charge is 2.26. The first-order valence-electron chi connectivity index (χ1n) is 7.28. The third-order valence-electron chi connectivity index (χ3n) is 3.49. The van der Waals surface area contributed by atoms with Gasteiger partial charge in [-0.1, -0.05) is 13.8 Å². The van der Waals surface area contributed by atoms with Gasteiger partial charge in [0.2, 0.25) is 0 Å². The Labute approximate surface area is 120 Å². The number of rotatable bonds is 8. The van der Waals surface area contributed by atoms with Crippen molar-refractivity contribution in [3.63, 3.8) is 0 Å². The molecule has 2 rings (SSSR count). The number of hydrogen-bond donors (Lipinski definition) is 2. The van der Waals surface area contributed by atoms with Crippen LogP contribution in [-0.2, 0) is 17.7 Å². The first kappa shape index (κ1) is 14.9. The molecule has 0 aliphatic carbocycles. The van der Waals surface area contributed by atoms with Gasteiger partial charge in [-0.15, -0.1) is 11.3 Å². The van der Waals surface area contributed by atoms with Crippen LogP contribution in [0.1, 0.15) is 30.2 Å². The summed E-state index contributed by atoms with van der Waals surface area (Å²) in [5, 5.41) is 8.27. The summed E-state index contributed by atoms with van der Waals surface area (Å²) in [5.74, 6) is 0.581. The normalized spacial score (nSPS) is 23.1. The van der Waals surface area contributed by atoms with Crippen molar-refractivity contribution in [2.75, 3.05) is 26.3 Å². The van der Waals surface area contributed by atoms with Crippen LogP contribution < -0.4 is 10.6 Å². The van der Waals surface area contributed by atoms with Crippen molar-refractivity contribution in [3.05, 3.63) is 16.1 Å². The molecule has 2 atom stereocenters. The number of aromatic nitrogens is 1. The van der Waals surface area contributed by atoms with Crippen LogP contribution in [0.25, 0.3) is 0 Å². The fraction of sp³-hybridized carbons (Fsp3) is 0.786. The Morgan fingerprint density at radius 1 is 1.42 bits per heavy atom. The molecule has 1 aromatic heterocycles. The first-order valence-corrected chi connectivity index (χ1v) is 8.10. The van der Waals surface area contributed by atoms with Crippen molar-refractivity contribution >= 4 is 11.3 Å². The van der Waals surface area contributed by atoms with Crippen LogP contribution >= 0.6 is 11.3 Å². The van der Waals surface area contributed by atoms with Crippen LogP contribution in [0, 0.1) is 5.92 Å². The predicted octanol–water partition coefficient (Wildman–Crippen LogP) is 1.81. The molecule has 1 aliphatic heterocycles. The van der Waals surface area contributed by atoms with Gasteiger partial charge in [0.15, 0.2) is 0 Å². The molecule has 2 heterocycles. The maximum absolute atomic E-state index is 5.58. The van der Waals surface area contributed by atoms with E-state index in [1.807, 2.05) is 17.5 Å². The van der Waals surface area contributed by atoms with E-state index in [0.717, 1.165) is 39.3 Å². The Morgan fingerprint density at radius 2 is 2.32 bits per heavy atom. The van der Waals surface area contributed by atoms with Crippen LogP contribution in [0.15, 0.2) is 6.20 Å². The molecule has 19 heavy (non-hydrogen) atoms. The number of nitrogens with zero attached hydrogens (tertiary/aromatic N) is 1. The van der Waals surface area contributed by atoms with Gasteiger partial charge in [-0.05, 0) is 19.4 Å². The van der Waals surface area contributed by atoms with Crippen molar-refractivity contribution in [3.8, 4) is 0 Å². The zero-order valence-corrected chi connectivity index (χ0v) is 12.8. The molecule has 0 spiro atoms. The van der Waals surface area contributed by atoms with E-state index in [-0.39, 0.29) is 0 Å². The van der Waals surface area contributed by atoms with Crippen molar-refractivity contribution in [1.29, 1.82) is 0 Å². The maximum Gasteiger partial charge on any atom is 0.107 e. The summed E-state index contributed by atoms with van der Waals surface area (Å²) in [4.78, 5) is 5.79. The number of nitrogens with one attached hydrogen (secondary N) is 2. The fourth-order valence-electron chi connectivity index (χ4n) is 2.31. The number of thiazole rings is 1. The Balaban J connectivity index is 1.69. The van der Waals surface area contributed by atoms with E-state index in [0.29, 0.717) is 12.0 Å². The quantitative estimate of drug-likeness (QED) is 0.764. The second-order valence-electron chi connectivity index (χ2n) is 5.06. The topological polar surface area (TPSA) is 46.2 Å². The lowest BCUT2D eigenvalue weighted by atomic mass is 10.0. The third kappa shape index (κ3) is 4.53. The molecule has 0 amide bonds. The number of hydrogen-bond acceptors (Lipinski definition) is 5. The van der Waals surface area contributed by atoms with Gasteiger partial charge in [0.1, 0.15) is 5.01 Å². The van der Waals surface area contributed by atoms with E-state index >= 15 is 0 Å². The van der Waals surface area contributed by atoms with Crippen LogP contribution in [0.2, 0.25) is 0 Å². The largest absolute Gasteiger partial charge is 0.379 e. The predicted molar refractivity (Wildman–Crippen MR) is 79.6 cm³/mol. The van der Waals surface area contributed by atoms with E-state index in [9.17, 15) is 0 Å². The fourth-order valence-corrected chi connectivity index (χ4v) is 3.14. The smallest absolute Gasteiger partial charge is 0.107 e. The van der Waals surface area contributed by atoms with E-state index in [4.69, 9.17) is 4.74 Å². The molecule has 1 fully saturated rings. The standard InChI is InChI=1S/C14H25N3OS/c1-3-5-16-13-10-18-9-11(13)6-15-8-14-17-7-12(4-2)19-14/h7,11,13,15-16H,3-6,8-10H2,1-2H3. The molecule has 5 heteroatoms. The lowest BCUT2D eigenvalue weighted by molar-refractivity contribution is 0.182. The molecule has 2 N–H and O–H groups in total. The van der Waals surface area contributed by atoms with Crippen LogP contribution in [-0.4, -0.2) is 37.3 Å². The Kier molecular flexibility index (Phi) is 6.23. The number of ether oxygens (including phenoxy) is 1. The molecular weight excluding hydrogens is 258 g/mol. The summed E-state index contributed by atoms with van der Waals surface area (Å²) in [6.45, 7) is 9.05. The highest BCUT2D eigenvalue weighted by atomic mass is 32.1. The number of aryl methyl sites for hydroxylation is 1. The van der Waals surface area contributed by atoms with Gasteiger partial charge >= 0.3 is 0 Å². The lowest BCUT2D eigenvalue weighted by Crippen LogP contribution is -2.40. The molecule has 108 valence electrons. The molecule has 0 saturated carbocycles. The van der Waals surface area contributed by atoms with E-state index in [1.165, 1.54) is 16.3 Å². The zero-order chi connectivity index (χ0) is 13.5. The molecule has 4 nitrogen and oxygen atoms in total. The Bertz CT molecular complexity index is 369. The van der Waals surface area contributed by atoms with Crippen molar-refractivity contribution in [2.45, 2.75) is 39.3 Å². The van der Waals surface area contributed by atoms with Crippen LogP contribution in [0.4, 0.5) is 0 Å². The molecule has 1 aliphatic rings. The molecular formula is C14H25N3OS. The highest BCUT2D eigenvalue weighted by molar-refractivity contribution is 7.11. The summed E-state index contributed by atoms with van der Waals surface area (Å²) in [6, 6.07) is 0.509. The van der Waals surface area contributed by atoms with Crippen molar-refractivity contribution < 1.29 is 4.74 Å². The maximum atomic E-state index is 5.58. The third-order valence-corrected chi connectivity index (χ3v) is 4.63. The second kappa shape index (κ2) is 7.94. The summed E-state index contributed by atoms with van der Waals surface area (Å²) in [7, 11) is 0. The van der Waals surface area contributed by atoms with Gasteiger partial charge in [-0.2, -0.15) is 0 Å². The molecule has 1 saturated heterocycles.